The van der Waals surface area contributed by atoms with E-state index in [1.807, 2.05) is 14.1 Å². The molecule has 0 bridgehead atoms. The highest BCUT2D eigenvalue weighted by molar-refractivity contribution is 6.04. The van der Waals surface area contributed by atoms with Gasteiger partial charge in [-0.2, -0.15) is 0 Å². The number of likely N-dealkylation sites (N-methyl/N-ethyl adjacent to an activating group) is 1. The van der Waals surface area contributed by atoms with E-state index in [2.05, 4.69) is 41.4 Å². The van der Waals surface area contributed by atoms with E-state index in [0.29, 0.717) is 24.1 Å². The van der Waals surface area contributed by atoms with Crippen LogP contribution >= 0.6 is 0 Å². The van der Waals surface area contributed by atoms with Crippen molar-refractivity contribution in [2.45, 2.75) is 38.3 Å². The SMILES string of the molecule is CC(=O)O[C@@H](CC[C@H]1C(=O)N(c2ccc(F)cc2)[C@@H]1C1=CC/C(=C2/C=CC(CN(C)C)=C2)C=C1)c1ccc(F)cc1. The molecule has 0 spiro atoms. The summed E-state index contributed by atoms with van der Waals surface area (Å²) in [7, 11) is 4.10. The molecule has 41 heavy (non-hydrogen) atoms. The molecule has 7 heteroatoms. The van der Waals surface area contributed by atoms with Gasteiger partial charge in [-0.3, -0.25) is 9.59 Å². The predicted molar refractivity (Wildman–Crippen MR) is 156 cm³/mol. The van der Waals surface area contributed by atoms with Gasteiger partial charge in [0.2, 0.25) is 5.91 Å². The first-order valence-electron chi connectivity index (χ1n) is 13.9. The van der Waals surface area contributed by atoms with Gasteiger partial charge in [-0.05, 0) is 97.6 Å². The minimum absolute atomic E-state index is 0.0595. The third-order valence-corrected chi connectivity index (χ3v) is 7.67. The van der Waals surface area contributed by atoms with Gasteiger partial charge >= 0.3 is 5.97 Å². The summed E-state index contributed by atoms with van der Waals surface area (Å²) in [4.78, 5) is 29.2. The Hall–Kier alpha value is -4.10. The first-order valence-corrected chi connectivity index (χ1v) is 13.9. The van der Waals surface area contributed by atoms with Gasteiger partial charge in [0.15, 0.2) is 0 Å². The molecule has 0 unspecified atom stereocenters. The molecule has 0 N–H and O–H groups in total. The topological polar surface area (TPSA) is 49.9 Å². The van der Waals surface area contributed by atoms with Crippen molar-refractivity contribution in [3.05, 3.63) is 124 Å². The van der Waals surface area contributed by atoms with Crippen molar-refractivity contribution in [3.8, 4) is 0 Å². The van der Waals surface area contributed by atoms with E-state index < -0.39 is 12.1 Å². The minimum Gasteiger partial charge on any atom is -0.458 e. The summed E-state index contributed by atoms with van der Waals surface area (Å²) in [6.45, 7) is 2.22. The largest absolute Gasteiger partial charge is 0.458 e. The van der Waals surface area contributed by atoms with Crippen LogP contribution < -0.4 is 4.90 Å². The van der Waals surface area contributed by atoms with Gasteiger partial charge in [-0.15, -0.1) is 0 Å². The Bertz CT molecular complexity index is 1470. The van der Waals surface area contributed by atoms with E-state index in [1.165, 1.54) is 47.9 Å². The Kier molecular flexibility index (Phi) is 8.45. The van der Waals surface area contributed by atoms with Crippen LogP contribution in [0.5, 0.6) is 0 Å². The first-order chi connectivity index (χ1) is 19.7. The average molecular weight is 557 g/mol. The van der Waals surface area contributed by atoms with Crippen LogP contribution in [0.3, 0.4) is 0 Å². The Morgan fingerprint density at radius 2 is 1.68 bits per heavy atom. The van der Waals surface area contributed by atoms with Crippen LogP contribution in [0.25, 0.3) is 0 Å². The molecular weight excluding hydrogens is 522 g/mol. The molecule has 2 aromatic rings. The number of anilines is 1. The van der Waals surface area contributed by atoms with Gasteiger partial charge in [0.1, 0.15) is 17.7 Å². The molecule has 2 aromatic carbocycles. The molecule has 2 aliphatic carbocycles. The van der Waals surface area contributed by atoms with Gasteiger partial charge in [-0.25, -0.2) is 8.78 Å². The molecule has 0 aromatic heterocycles. The third kappa shape index (κ3) is 6.46. The zero-order chi connectivity index (χ0) is 29.1. The van der Waals surface area contributed by atoms with Gasteiger partial charge in [0, 0.05) is 19.2 Å². The summed E-state index contributed by atoms with van der Waals surface area (Å²) in [6.07, 6.45) is 13.9. The third-order valence-electron chi connectivity index (χ3n) is 7.67. The van der Waals surface area contributed by atoms with Crippen molar-refractivity contribution in [2.75, 3.05) is 25.5 Å². The van der Waals surface area contributed by atoms with E-state index in [0.717, 1.165) is 18.5 Å². The number of halogens is 2. The van der Waals surface area contributed by atoms with Gasteiger partial charge < -0.3 is 14.5 Å². The average Bonchev–Trinajstić information content (AvgIpc) is 3.40. The first kappa shape index (κ1) is 28.4. The van der Waals surface area contributed by atoms with Crippen LogP contribution in [0, 0.1) is 17.6 Å². The summed E-state index contributed by atoms with van der Waals surface area (Å²) in [6, 6.07) is 11.6. The molecular formula is C34H34F2N2O3. The lowest BCUT2D eigenvalue weighted by Crippen LogP contribution is -2.62. The van der Waals surface area contributed by atoms with E-state index in [1.54, 1.807) is 29.2 Å². The molecule has 0 radical (unpaired) electrons. The molecule has 212 valence electrons. The van der Waals surface area contributed by atoms with Crippen molar-refractivity contribution in [1.82, 2.24) is 4.90 Å². The number of amides is 1. The summed E-state index contributed by atoms with van der Waals surface area (Å²) >= 11 is 0. The van der Waals surface area contributed by atoms with Crippen LogP contribution in [-0.2, 0) is 14.3 Å². The van der Waals surface area contributed by atoms with Crippen LogP contribution in [0.1, 0.15) is 37.9 Å². The normalized spacial score (nSPS) is 22.5. The number of rotatable bonds is 9. The molecule has 5 rings (SSSR count). The molecule has 5 nitrogen and oxygen atoms in total. The number of esters is 1. The monoisotopic (exact) mass is 556 g/mol. The van der Waals surface area contributed by atoms with Crippen molar-refractivity contribution in [2.24, 2.45) is 5.92 Å². The highest BCUT2D eigenvalue weighted by Crippen LogP contribution is 2.42. The molecule has 1 heterocycles. The highest BCUT2D eigenvalue weighted by atomic mass is 19.1. The lowest BCUT2D eigenvalue weighted by Gasteiger charge is -2.48. The number of ether oxygens (including phenoxy) is 1. The second-order valence-corrected chi connectivity index (χ2v) is 11.0. The molecule has 1 saturated heterocycles. The number of benzene rings is 2. The molecule has 1 amide bonds. The summed E-state index contributed by atoms with van der Waals surface area (Å²) < 4.78 is 32.8. The summed E-state index contributed by atoms with van der Waals surface area (Å²) in [5.74, 6) is -1.58. The maximum absolute atomic E-state index is 13.7. The second kappa shape index (κ2) is 12.2. The molecule has 1 aliphatic heterocycles. The number of nitrogens with zero attached hydrogens (tertiary/aromatic N) is 2. The molecule has 0 saturated carbocycles. The van der Waals surface area contributed by atoms with Crippen molar-refractivity contribution >= 4 is 17.6 Å². The zero-order valence-electron chi connectivity index (χ0n) is 23.5. The number of β-lactam (4-membered cyclic amide) rings is 1. The predicted octanol–water partition coefficient (Wildman–Crippen LogP) is 6.62. The number of hydrogen-bond donors (Lipinski definition) is 0. The molecule has 3 aliphatic rings. The second-order valence-electron chi connectivity index (χ2n) is 11.0. The number of allylic oxidation sites excluding steroid dienone is 6. The molecule has 1 fully saturated rings. The van der Waals surface area contributed by atoms with Crippen LogP contribution in [-0.4, -0.2) is 43.5 Å². The van der Waals surface area contributed by atoms with Crippen LogP contribution in [0.2, 0.25) is 0 Å². The number of carbonyl (C=O) groups excluding carboxylic acids is 2. The van der Waals surface area contributed by atoms with E-state index >= 15 is 0 Å². The minimum atomic E-state index is -0.592. The van der Waals surface area contributed by atoms with Crippen molar-refractivity contribution < 1.29 is 23.1 Å². The van der Waals surface area contributed by atoms with Crippen molar-refractivity contribution in [1.29, 1.82) is 0 Å². The van der Waals surface area contributed by atoms with E-state index in [9.17, 15) is 18.4 Å². The Labute approximate surface area is 239 Å². The van der Waals surface area contributed by atoms with Gasteiger partial charge in [-0.1, -0.05) is 48.6 Å². The Morgan fingerprint density at radius 3 is 2.29 bits per heavy atom. The maximum atomic E-state index is 13.7. The van der Waals surface area contributed by atoms with Gasteiger partial charge in [0.25, 0.3) is 0 Å². The smallest absolute Gasteiger partial charge is 0.303 e. The number of carbonyl (C=O) groups is 2. The Balaban J connectivity index is 1.37. The quantitative estimate of drug-likeness (QED) is 0.257. The summed E-state index contributed by atoms with van der Waals surface area (Å²) in [5, 5.41) is 0. The van der Waals surface area contributed by atoms with Crippen LogP contribution in [0.15, 0.2) is 107 Å². The zero-order valence-corrected chi connectivity index (χ0v) is 23.5. The van der Waals surface area contributed by atoms with Crippen molar-refractivity contribution in [3.63, 3.8) is 0 Å². The fourth-order valence-corrected chi connectivity index (χ4v) is 5.75. The van der Waals surface area contributed by atoms with Gasteiger partial charge in [0.05, 0.1) is 12.0 Å². The lowest BCUT2D eigenvalue weighted by molar-refractivity contribution is -0.147. The van der Waals surface area contributed by atoms with E-state index in [4.69, 9.17) is 4.74 Å². The lowest BCUT2D eigenvalue weighted by atomic mass is 9.76. The summed E-state index contributed by atoms with van der Waals surface area (Å²) in [5.41, 5.74) is 6.00. The highest BCUT2D eigenvalue weighted by Gasteiger charge is 2.49. The fraction of sp³-hybridized carbons (Fsp3) is 0.294. The fourth-order valence-electron chi connectivity index (χ4n) is 5.75. The standard InChI is InChI=1S/C34H34F2N2O3/c1-22(39)41-32(25-10-12-28(35)13-11-25)19-18-31-33(38(34(31)40)30-16-14-29(36)15-17-30)26-8-6-24(7-9-26)27-5-4-23(20-27)21-37(2)3/h4-6,8-17,20,31-33H,7,18-19,21H2,1-3H3/b27-24-/t31-,32+,33-/m1/s1. The maximum Gasteiger partial charge on any atom is 0.303 e. The van der Waals surface area contributed by atoms with Crippen LogP contribution in [0.4, 0.5) is 14.5 Å². The molecule has 3 atom stereocenters. The van der Waals surface area contributed by atoms with E-state index in [-0.39, 0.29) is 29.5 Å². The Morgan fingerprint density at radius 1 is 1.00 bits per heavy atom. The number of hydrogen-bond acceptors (Lipinski definition) is 4.